The molecule has 3 rings (SSSR count). The van der Waals surface area contributed by atoms with Gasteiger partial charge in [0.1, 0.15) is 5.15 Å². The zero-order valence-electron chi connectivity index (χ0n) is 10.7. The Labute approximate surface area is 130 Å². The van der Waals surface area contributed by atoms with Crippen LogP contribution in [0.4, 0.5) is 0 Å². The molecule has 21 heavy (non-hydrogen) atoms. The fraction of sp³-hybridized carbons (Fsp3) is 0.0667. The number of ether oxygens (including phenoxy) is 2. The number of aromatic nitrogens is 1. The van der Waals surface area contributed by atoms with Gasteiger partial charge in [0.2, 0.25) is 6.79 Å². The maximum Gasteiger partial charge on any atom is 0.231 e. The fourth-order valence-corrected chi connectivity index (χ4v) is 2.21. The number of nitrogens with zero attached hydrogens (tertiary/aromatic N) is 1. The maximum atomic E-state index is 12.1. The van der Waals surface area contributed by atoms with E-state index in [1.165, 1.54) is 12.3 Å². The van der Waals surface area contributed by atoms with Crippen molar-refractivity contribution < 1.29 is 14.3 Å². The Kier molecular flexibility index (Phi) is 3.82. The van der Waals surface area contributed by atoms with Crippen molar-refractivity contribution in [2.45, 2.75) is 0 Å². The summed E-state index contributed by atoms with van der Waals surface area (Å²) < 4.78 is 10.4. The van der Waals surface area contributed by atoms with Crippen molar-refractivity contribution in [2.24, 2.45) is 0 Å². The molecule has 4 nitrogen and oxygen atoms in total. The topological polar surface area (TPSA) is 48.4 Å². The molecule has 0 radical (unpaired) electrons. The number of halogens is 2. The molecule has 0 N–H and O–H groups in total. The first kappa shape index (κ1) is 13.9. The minimum Gasteiger partial charge on any atom is -0.454 e. The molecular formula is C15H9Cl2NO3. The molecule has 1 aromatic carbocycles. The largest absolute Gasteiger partial charge is 0.454 e. The minimum atomic E-state index is -0.169. The lowest BCUT2D eigenvalue weighted by molar-refractivity contribution is 0.104. The third kappa shape index (κ3) is 2.86. The van der Waals surface area contributed by atoms with Crippen LogP contribution in [0.15, 0.2) is 36.5 Å². The van der Waals surface area contributed by atoms with Crippen LogP contribution in [0.2, 0.25) is 10.2 Å². The smallest absolute Gasteiger partial charge is 0.231 e. The lowest BCUT2D eigenvalue weighted by atomic mass is 10.1. The normalized spacial score (nSPS) is 12.9. The van der Waals surface area contributed by atoms with Gasteiger partial charge in [-0.15, -0.1) is 0 Å². The van der Waals surface area contributed by atoms with E-state index in [2.05, 4.69) is 4.98 Å². The molecule has 0 unspecified atom stereocenters. The number of hydrogen-bond acceptors (Lipinski definition) is 4. The van der Waals surface area contributed by atoms with E-state index in [1.54, 1.807) is 30.3 Å². The average molecular weight is 322 g/mol. The monoisotopic (exact) mass is 321 g/mol. The van der Waals surface area contributed by atoms with Crippen molar-refractivity contribution in [3.8, 4) is 11.5 Å². The summed E-state index contributed by atoms with van der Waals surface area (Å²) in [4.78, 5) is 16.0. The highest BCUT2D eigenvalue weighted by Crippen LogP contribution is 2.32. The summed E-state index contributed by atoms with van der Waals surface area (Å²) in [6.45, 7) is 0.175. The maximum absolute atomic E-state index is 12.1. The van der Waals surface area contributed by atoms with Crippen LogP contribution >= 0.6 is 23.2 Å². The van der Waals surface area contributed by atoms with E-state index in [0.717, 1.165) is 0 Å². The van der Waals surface area contributed by atoms with Gasteiger partial charge in [-0.1, -0.05) is 23.2 Å². The summed E-state index contributed by atoms with van der Waals surface area (Å²) >= 11 is 11.8. The van der Waals surface area contributed by atoms with E-state index < -0.39 is 0 Å². The SMILES string of the molecule is O=C(C=Cc1ccnc(Cl)c1Cl)c1ccc2c(c1)OCO2. The van der Waals surface area contributed by atoms with Crippen LogP contribution in [-0.2, 0) is 0 Å². The van der Waals surface area contributed by atoms with Gasteiger partial charge in [0.05, 0.1) is 5.02 Å². The van der Waals surface area contributed by atoms with Gasteiger partial charge in [0.25, 0.3) is 0 Å². The van der Waals surface area contributed by atoms with Crippen molar-refractivity contribution >= 4 is 35.1 Å². The van der Waals surface area contributed by atoms with Gasteiger partial charge in [-0.2, -0.15) is 0 Å². The molecule has 0 fully saturated rings. The van der Waals surface area contributed by atoms with Crippen LogP contribution in [0, 0.1) is 0 Å². The zero-order valence-corrected chi connectivity index (χ0v) is 12.2. The van der Waals surface area contributed by atoms with Crippen LogP contribution in [0.1, 0.15) is 15.9 Å². The van der Waals surface area contributed by atoms with Crippen molar-refractivity contribution in [2.75, 3.05) is 6.79 Å². The molecule has 0 bridgehead atoms. The Morgan fingerprint density at radius 2 is 2.00 bits per heavy atom. The second-order valence-electron chi connectivity index (χ2n) is 4.27. The summed E-state index contributed by atoms with van der Waals surface area (Å²) in [6, 6.07) is 6.72. The number of fused-ring (bicyclic) bond motifs is 1. The van der Waals surface area contributed by atoms with E-state index in [9.17, 15) is 4.79 Å². The molecule has 0 amide bonds. The summed E-state index contributed by atoms with van der Waals surface area (Å²) in [5.41, 5.74) is 1.14. The highest BCUT2D eigenvalue weighted by atomic mass is 35.5. The Hall–Kier alpha value is -2.04. The number of benzene rings is 1. The fourth-order valence-electron chi connectivity index (χ4n) is 1.87. The van der Waals surface area contributed by atoms with Gasteiger partial charge in [0.15, 0.2) is 17.3 Å². The van der Waals surface area contributed by atoms with E-state index in [-0.39, 0.29) is 17.7 Å². The third-order valence-corrected chi connectivity index (χ3v) is 3.73. The summed E-state index contributed by atoms with van der Waals surface area (Å²) in [5.74, 6) is 1.04. The Bertz CT molecular complexity index is 744. The lowest BCUT2D eigenvalue weighted by Gasteiger charge is -2.00. The molecule has 0 saturated carbocycles. The number of allylic oxidation sites excluding steroid dienone is 1. The second kappa shape index (κ2) is 5.76. The lowest BCUT2D eigenvalue weighted by Crippen LogP contribution is -1.94. The quantitative estimate of drug-likeness (QED) is 0.487. The highest BCUT2D eigenvalue weighted by molar-refractivity contribution is 6.42. The van der Waals surface area contributed by atoms with Gasteiger partial charge in [-0.25, -0.2) is 4.98 Å². The first-order chi connectivity index (χ1) is 10.1. The van der Waals surface area contributed by atoms with Gasteiger partial charge in [-0.3, -0.25) is 4.79 Å². The molecule has 0 saturated heterocycles. The minimum absolute atomic E-state index is 0.169. The predicted octanol–water partition coefficient (Wildman–Crippen LogP) is 4.01. The zero-order chi connectivity index (χ0) is 14.8. The first-order valence-corrected chi connectivity index (χ1v) is 6.83. The molecule has 1 aliphatic rings. The van der Waals surface area contributed by atoms with Crippen LogP contribution in [0.5, 0.6) is 11.5 Å². The molecule has 6 heteroatoms. The van der Waals surface area contributed by atoms with Crippen molar-refractivity contribution in [3.63, 3.8) is 0 Å². The molecule has 0 atom stereocenters. The average Bonchev–Trinajstić information content (AvgIpc) is 2.96. The van der Waals surface area contributed by atoms with E-state index in [0.29, 0.717) is 27.6 Å². The van der Waals surface area contributed by atoms with E-state index in [4.69, 9.17) is 32.7 Å². The molecule has 0 spiro atoms. The van der Waals surface area contributed by atoms with Gasteiger partial charge in [0, 0.05) is 11.8 Å². The van der Waals surface area contributed by atoms with E-state index in [1.807, 2.05) is 0 Å². The number of rotatable bonds is 3. The van der Waals surface area contributed by atoms with Gasteiger partial charge >= 0.3 is 0 Å². The summed E-state index contributed by atoms with van der Waals surface area (Å²) in [6.07, 6.45) is 4.55. The van der Waals surface area contributed by atoms with E-state index >= 15 is 0 Å². The van der Waals surface area contributed by atoms with Crippen LogP contribution in [0.25, 0.3) is 6.08 Å². The molecule has 1 aromatic heterocycles. The van der Waals surface area contributed by atoms with Crippen molar-refractivity contribution in [1.82, 2.24) is 4.98 Å². The molecule has 2 heterocycles. The summed E-state index contributed by atoms with van der Waals surface area (Å²) in [7, 11) is 0. The molecule has 1 aliphatic heterocycles. The standard InChI is InChI=1S/C15H9Cl2NO3/c16-14-9(5-6-18-15(14)17)1-3-11(19)10-2-4-12-13(7-10)21-8-20-12/h1-7H,8H2. The number of carbonyl (C=O) groups excluding carboxylic acids is 1. The number of pyridine rings is 1. The summed E-state index contributed by atoms with van der Waals surface area (Å²) in [5, 5.41) is 0.517. The Morgan fingerprint density at radius 3 is 2.86 bits per heavy atom. The molecule has 106 valence electrons. The van der Waals surface area contributed by atoms with Crippen molar-refractivity contribution in [1.29, 1.82) is 0 Å². The number of carbonyl (C=O) groups is 1. The van der Waals surface area contributed by atoms with Crippen LogP contribution in [0.3, 0.4) is 0 Å². The number of ketones is 1. The number of hydrogen-bond donors (Lipinski definition) is 0. The second-order valence-corrected chi connectivity index (χ2v) is 5.01. The molecule has 2 aromatic rings. The first-order valence-electron chi connectivity index (χ1n) is 6.07. The van der Waals surface area contributed by atoms with Gasteiger partial charge < -0.3 is 9.47 Å². The molecular weight excluding hydrogens is 313 g/mol. The Balaban J connectivity index is 1.83. The van der Waals surface area contributed by atoms with Gasteiger partial charge in [-0.05, 0) is 42.0 Å². The molecule has 0 aliphatic carbocycles. The third-order valence-electron chi connectivity index (χ3n) is 2.95. The van der Waals surface area contributed by atoms with Crippen molar-refractivity contribution in [3.05, 3.63) is 57.8 Å². The highest BCUT2D eigenvalue weighted by Gasteiger charge is 2.15. The Morgan fingerprint density at radius 1 is 1.19 bits per heavy atom. The predicted molar refractivity (Wildman–Crippen MR) is 80.2 cm³/mol. The van der Waals surface area contributed by atoms with Crippen LogP contribution < -0.4 is 9.47 Å². The van der Waals surface area contributed by atoms with Crippen LogP contribution in [-0.4, -0.2) is 17.6 Å².